The van der Waals surface area contributed by atoms with Crippen LogP contribution in [0, 0.1) is 5.92 Å². The van der Waals surface area contributed by atoms with Gasteiger partial charge in [0.15, 0.2) is 5.65 Å². The SMILES string of the molecule is NS(=O)(=O)OCC1CCC(Nc2ccnc3cc(-c4cccc5c4sc4ccccc45)nn23)C1. The maximum atomic E-state index is 11.1. The summed E-state index contributed by atoms with van der Waals surface area (Å²) < 4.78 is 31.3. The van der Waals surface area contributed by atoms with Gasteiger partial charge in [0.05, 0.1) is 12.3 Å². The average Bonchev–Trinajstić information content (AvgIpc) is 3.54. The quantitative estimate of drug-likeness (QED) is 0.359. The molecular weight excluding hydrogens is 470 g/mol. The molecule has 1 aliphatic carbocycles. The molecule has 0 aliphatic heterocycles. The van der Waals surface area contributed by atoms with E-state index in [-0.39, 0.29) is 18.6 Å². The molecule has 3 N–H and O–H groups in total. The molecular formula is C24H23N5O3S2. The Hall–Kier alpha value is -3.05. The van der Waals surface area contributed by atoms with E-state index in [1.165, 1.54) is 20.2 Å². The van der Waals surface area contributed by atoms with Crippen LogP contribution < -0.4 is 10.5 Å². The third kappa shape index (κ3) is 4.03. The van der Waals surface area contributed by atoms with Crippen molar-refractivity contribution < 1.29 is 12.6 Å². The molecule has 3 aromatic heterocycles. The summed E-state index contributed by atoms with van der Waals surface area (Å²) in [7, 11) is -3.91. The smallest absolute Gasteiger partial charge is 0.333 e. The first-order valence-electron chi connectivity index (χ1n) is 11.1. The second kappa shape index (κ2) is 8.31. The monoisotopic (exact) mass is 493 g/mol. The summed E-state index contributed by atoms with van der Waals surface area (Å²) in [6.45, 7) is 0.119. The number of benzene rings is 2. The second-order valence-corrected chi connectivity index (χ2v) is 11.0. The first-order chi connectivity index (χ1) is 16.4. The zero-order valence-electron chi connectivity index (χ0n) is 18.2. The highest BCUT2D eigenvalue weighted by Crippen LogP contribution is 2.39. The number of rotatable bonds is 6. The van der Waals surface area contributed by atoms with Gasteiger partial charge in [0.2, 0.25) is 0 Å². The second-order valence-electron chi connectivity index (χ2n) is 8.71. The van der Waals surface area contributed by atoms with Crippen LogP contribution in [0.4, 0.5) is 5.82 Å². The van der Waals surface area contributed by atoms with Crippen LogP contribution in [0.25, 0.3) is 37.1 Å². The molecule has 8 nitrogen and oxygen atoms in total. The van der Waals surface area contributed by atoms with E-state index < -0.39 is 10.3 Å². The van der Waals surface area contributed by atoms with Gasteiger partial charge in [0.25, 0.3) is 0 Å². The number of anilines is 1. The number of thiophene rings is 1. The van der Waals surface area contributed by atoms with Crippen molar-refractivity contribution in [1.82, 2.24) is 14.6 Å². The minimum Gasteiger partial charge on any atom is -0.367 e. The number of fused-ring (bicyclic) bond motifs is 4. The van der Waals surface area contributed by atoms with Crippen LogP contribution in [0.15, 0.2) is 60.8 Å². The Morgan fingerprint density at radius 3 is 2.85 bits per heavy atom. The van der Waals surface area contributed by atoms with Crippen LogP contribution >= 0.6 is 11.3 Å². The van der Waals surface area contributed by atoms with E-state index in [9.17, 15) is 8.42 Å². The molecule has 1 aliphatic rings. The van der Waals surface area contributed by atoms with Crippen LogP contribution in [-0.4, -0.2) is 35.7 Å². The van der Waals surface area contributed by atoms with Gasteiger partial charge in [-0.05, 0) is 37.3 Å². The zero-order valence-corrected chi connectivity index (χ0v) is 19.8. The number of hydrogen-bond donors (Lipinski definition) is 2. The van der Waals surface area contributed by atoms with Gasteiger partial charge >= 0.3 is 10.3 Å². The summed E-state index contributed by atoms with van der Waals surface area (Å²) in [6.07, 6.45) is 4.37. The molecule has 0 radical (unpaired) electrons. The first-order valence-corrected chi connectivity index (χ1v) is 13.4. The molecule has 0 bridgehead atoms. The molecule has 2 aromatic carbocycles. The Labute approximate surface area is 200 Å². The van der Waals surface area contributed by atoms with Gasteiger partial charge in [-0.15, -0.1) is 11.3 Å². The van der Waals surface area contributed by atoms with Crippen molar-refractivity contribution in [3.05, 3.63) is 60.8 Å². The fourth-order valence-corrected chi connectivity index (χ4v) is 6.45. The Bertz CT molecular complexity index is 1630. The van der Waals surface area contributed by atoms with Crippen molar-refractivity contribution in [1.29, 1.82) is 0 Å². The van der Waals surface area contributed by atoms with Gasteiger partial charge in [-0.3, -0.25) is 4.18 Å². The van der Waals surface area contributed by atoms with Crippen molar-refractivity contribution >= 4 is 53.3 Å². The van der Waals surface area contributed by atoms with E-state index in [1.807, 2.05) is 16.6 Å². The number of hydrogen-bond acceptors (Lipinski definition) is 7. The Kier molecular flexibility index (Phi) is 5.25. The van der Waals surface area contributed by atoms with Crippen molar-refractivity contribution in [3.8, 4) is 11.3 Å². The Morgan fingerprint density at radius 2 is 1.97 bits per heavy atom. The van der Waals surface area contributed by atoms with Crippen LogP contribution in [0.5, 0.6) is 0 Å². The third-order valence-electron chi connectivity index (χ3n) is 6.40. The summed E-state index contributed by atoms with van der Waals surface area (Å²) in [4.78, 5) is 4.52. The molecule has 10 heteroatoms. The molecule has 0 amide bonds. The Morgan fingerprint density at radius 1 is 1.12 bits per heavy atom. The van der Waals surface area contributed by atoms with Gasteiger partial charge in [-0.1, -0.05) is 36.4 Å². The molecule has 5 aromatic rings. The topological polar surface area (TPSA) is 112 Å². The van der Waals surface area contributed by atoms with E-state index in [2.05, 4.69) is 52.8 Å². The molecule has 2 atom stereocenters. The van der Waals surface area contributed by atoms with Crippen molar-refractivity contribution in [2.75, 3.05) is 11.9 Å². The maximum absolute atomic E-state index is 11.1. The molecule has 2 unspecified atom stereocenters. The molecule has 1 fully saturated rings. The number of nitrogens with one attached hydrogen (secondary N) is 1. The van der Waals surface area contributed by atoms with E-state index >= 15 is 0 Å². The molecule has 6 rings (SSSR count). The molecule has 1 saturated carbocycles. The summed E-state index contributed by atoms with van der Waals surface area (Å²) >= 11 is 1.78. The molecule has 0 spiro atoms. The van der Waals surface area contributed by atoms with Gasteiger partial charge in [0, 0.05) is 44.0 Å². The van der Waals surface area contributed by atoms with E-state index in [0.717, 1.165) is 42.0 Å². The van der Waals surface area contributed by atoms with Crippen LogP contribution in [0.2, 0.25) is 0 Å². The number of nitrogens with zero attached hydrogens (tertiary/aromatic N) is 3. The summed E-state index contributed by atoms with van der Waals surface area (Å²) in [6, 6.07) is 18.9. The molecule has 174 valence electrons. The van der Waals surface area contributed by atoms with Gasteiger partial charge in [-0.2, -0.15) is 18.0 Å². The molecule has 34 heavy (non-hydrogen) atoms. The largest absolute Gasteiger partial charge is 0.367 e. The van der Waals surface area contributed by atoms with Crippen molar-refractivity contribution in [2.45, 2.75) is 25.3 Å². The van der Waals surface area contributed by atoms with Gasteiger partial charge in [-0.25, -0.2) is 10.1 Å². The van der Waals surface area contributed by atoms with Gasteiger partial charge in [0.1, 0.15) is 5.82 Å². The van der Waals surface area contributed by atoms with Crippen molar-refractivity contribution in [2.24, 2.45) is 11.1 Å². The highest BCUT2D eigenvalue weighted by Gasteiger charge is 2.26. The van der Waals surface area contributed by atoms with Crippen molar-refractivity contribution in [3.63, 3.8) is 0 Å². The summed E-state index contributed by atoms with van der Waals surface area (Å²) in [5.74, 6) is 1.00. The van der Waals surface area contributed by atoms with E-state index in [0.29, 0.717) is 0 Å². The molecule has 3 heterocycles. The number of aromatic nitrogens is 3. The Balaban J connectivity index is 1.30. The summed E-state index contributed by atoms with van der Waals surface area (Å²) in [5, 5.41) is 15.9. The van der Waals surface area contributed by atoms with Crippen LogP contribution in [0.1, 0.15) is 19.3 Å². The highest BCUT2D eigenvalue weighted by molar-refractivity contribution is 7.84. The predicted molar refractivity (Wildman–Crippen MR) is 135 cm³/mol. The normalized spacial score (nSPS) is 18.9. The fraction of sp³-hybridized carbons (Fsp3) is 0.250. The van der Waals surface area contributed by atoms with E-state index in [4.69, 9.17) is 14.4 Å². The maximum Gasteiger partial charge on any atom is 0.333 e. The lowest BCUT2D eigenvalue weighted by molar-refractivity contribution is 0.256. The predicted octanol–water partition coefficient (Wildman–Crippen LogP) is 4.56. The standard InChI is InChI=1S/C24H23N5O3S2/c25-34(30,31)32-14-15-8-9-16(12-15)27-22-10-11-26-23-13-20(28-29(22)23)19-6-3-5-18-17-4-1-2-7-21(17)33-24(18)19/h1-7,10-11,13,15-16,27H,8-9,12,14H2,(H2,25,30,31). The van der Waals surface area contributed by atoms with Crippen LogP contribution in [0.3, 0.4) is 0 Å². The minimum atomic E-state index is -3.91. The fourth-order valence-electron chi connectivity index (χ4n) is 4.84. The average molecular weight is 494 g/mol. The lowest BCUT2D eigenvalue weighted by atomic mass is 10.1. The van der Waals surface area contributed by atoms with E-state index in [1.54, 1.807) is 17.5 Å². The van der Waals surface area contributed by atoms with Crippen LogP contribution in [-0.2, 0) is 14.5 Å². The molecule has 0 saturated heterocycles. The lowest BCUT2D eigenvalue weighted by Gasteiger charge is -2.15. The first kappa shape index (κ1) is 21.5. The number of nitrogens with two attached hydrogens (primary N) is 1. The lowest BCUT2D eigenvalue weighted by Crippen LogP contribution is -2.21. The van der Waals surface area contributed by atoms with Gasteiger partial charge < -0.3 is 5.32 Å². The highest BCUT2D eigenvalue weighted by atomic mass is 32.2. The zero-order chi connectivity index (χ0) is 23.3. The third-order valence-corrected chi connectivity index (χ3v) is 8.08. The minimum absolute atomic E-state index is 0.119. The summed E-state index contributed by atoms with van der Waals surface area (Å²) in [5.41, 5.74) is 2.74.